The maximum Gasteiger partial charge on any atom is 0.225 e. The highest BCUT2D eigenvalue weighted by Gasteiger charge is 2.26. The molecule has 4 nitrogen and oxygen atoms in total. The van der Waals surface area contributed by atoms with Crippen molar-refractivity contribution in [2.45, 2.75) is 26.7 Å². The molecule has 0 atom stereocenters. The zero-order valence-electron chi connectivity index (χ0n) is 13.9. The van der Waals surface area contributed by atoms with Crippen molar-refractivity contribution in [2.24, 2.45) is 5.92 Å². The Labute approximate surface area is 137 Å². The second kappa shape index (κ2) is 8.20. The van der Waals surface area contributed by atoms with E-state index in [2.05, 4.69) is 4.90 Å². The predicted octanol–water partition coefficient (Wildman–Crippen LogP) is 2.59. The Bertz CT molecular complexity index is 532. The normalized spacial score (nSPS) is 15.9. The highest BCUT2D eigenvalue weighted by atomic mass is 19.1. The second-order valence-corrected chi connectivity index (χ2v) is 6.04. The molecule has 1 fully saturated rings. The third kappa shape index (κ3) is 4.61. The quantitative estimate of drug-likeness (QED) is 0.757. The van der Waals surface area contributed by atoms with Crippen LogP contribution in [0.4, 0.5) is 4.39 Å². The summed E-state index contributed by atoms with van der Waals surface area (Å²) in [5, 5.41) is 0. The minimum Gasteiger partial charge on any atom is -0.340 e. The van der Waals surface area contributed by atoms with Crippen LogP contribution < -0.4 is 0 Å². The number of halogens is 1. The number of piperazine rings is 1. The highest BCUT2D eigenvalue weighted by Crippen LogP contribution is 2.14. The molecule has 0 aromatic heterocycles. The fourth-order valence-corrected chi connectivity index (χ4v) is 2.95. The molecule has 1 aliphatic rings. The summed E-state index contributed by atoms with van der Waals surface area (Å²) in [4.78, 5) is 28.5. The molecule has 126 valence electrons. The molecule has 0 saturated carbocycles. The molecule has 1 saturated heterocycles. The molecule has 1 heterocycles. The molecule has 1 amide bonds. The molecular formula is C18H25FN2O2. The topological polar surface area (TPSA) is 40.6 Å². The van der Waals surface area contributed by atoms with Crippen LogP contribution in [0.1, 0.15) is 37.0 Å². The van der Waals surface area contributed by atoms with Crippen LogP contribution in [0.25, 0.3) is 0 Å². The van der Waals surface area contributed by atoms with Crippen molar-refractivity contribution in [3.8, 4) is 0 Å². The lowest BCUT2D eigenvalue weighted by Crippen LogP contribution is -2.51. The van der Waals surface area contributed by atoms with Gasteiger partial charge in [0.05, 0.1) is 6.54 Å². The summed E-state index contributed by atoms with van der Waals surface area (Å²) in [5.41, 5.74) is 0.530. The van der Waals surface area contributed by atoms with Gasteiger partial charge in [0.15, 0.2) is 5.78 Å². The molecule has 0 unspecified atom stereocenters. The van der Waals surface area contributed by atoms with Gasteiger partial charge in [-0.1, -0.05) is 13.8 Å². The van der Waals surface area contributed by atoms with E-state index in [4.69, 9.17) is 0 Å². The maximum absolute atomic E-state index is 12.9. The summed E-state index contributed by atoms with van der Waals surface area (Å²) in [6.07, 6.45) is 1.75. The Morgan fingerprint density at radius 2 is 1.61 bits per heavy atom. The van der Waals surface area contributed by atoms with Crippen molar-refractivity contribution in [3.05, 3.63) is 35.6 Å². The summed E-state index contributed by atoms with van der Waals surface area (Å²) in [6, 6.07) is 5.65. The number of rotatable bonds is 6. The first-order valence-corrected chi connectivity index (χ1v) is 8.35. The van der Waals surface area contributed by atoms with Gasteiger partial charge in [-0.3, -0.25) is 14.5 Å². The standard InChI is InChI=1S/C18H25FN2O2/c1-3-14(4-2)18(23)21-11-9-20(10-12-21)13-17(22)15-5-7-16(19)8-6-15/h5-8,14H,3-4,9-13H2,1-2H3. The van der Waals surface area contributed by atoms with Gasteiger partial charge in [-0.25, -0.2) is 4.39 Å². The molecule has 0 spiro atoms. The fourth-order valence-electron chi connectivity index (χ4n) is 2.95. The zero-order valence-corrected chi connectivity index (χ0v) is 13.9. The SMILES string of the molecule is CCC(CC)C(=O)N1CCN(CC(=O)c2ccc(F)cc2)CC1. The zero-order chi connectivity index (χ0) is 16.8. The predicted molar refractivity (Wildman–Crippen MR) is 87.8 cm³/mol. The van der Waals surface area contributed by atoms with Crippen molar-refractivity contribution < 1.29 is 14.0 Å². The first-order valence-electron chi connectivity index (χ1n) is 8.35. The third-order valence-corrected chi connectivity index (χ3v) is 4.55. The molecule has 1 aromatic rings. The average Bonchev–Trinajstić information content (AvgIpc) is 2.57. The van der Waals surface area contributed by atoms with Gasteiger partial charge in [0.1, 0.15) is 5.82 Å². The van der Waals surface area contributed by atoms with E-state index in [-0.39, 0.29) is 23.4 Å². The summed E-state index contributed by atoms with van der Waals surface area (Å²) in [5.74, 6) is 0.00163. The van der Waals surface area contributed by atoms with Crippen molar-refractivity contribution in [2.75, 3.05) is 32.7 Å². The Hall–Kier alpha value is -1.75. The molecule has 0 bridgehead atoms. The summed E-state index contributed by atoms with van der Waals surface area (Å²) < 4.78 is 12.9. The van der Waals surface area contributed by atoms with E-state index in [1.54, 1.807) is 0 Å². The van der Waals surface area contributed by atoms with Gasteiger partial charge >= 0.3 is 0 Å². The number of ketones is 1. The number of hydrogen-bond acceptors (Lipinski definition) is 3. The minimum atomic E-state index is -0.338. The van der Waals surface area contributed by atoms with E-state index < -0.39 is 0 Å². The fraction of sp³-hybridized carbons (Fsp3) is 0.556. The molecule has 5 heteroatoms. The van der Waals surface area contributed by atoms with Crippen LogP contribution in [0, 0.1) is 11.7 Å². The number of hydrogen-bond donors (Lipinski definition) is 0. The number of nitrogens with zero attached hydrogens (tertiary/aromatic N) is 2. The van der Waals surface area contributed by atoms with Crippen molar-refractivity contribution in [1.29, 1.82) is 0 Å². The molecule has 1 aliphatic heterocycles. The third-order valence-electron chi connectivity index (χ3n) is 4.55. The van der Waals surface area contributed by atoms with E-state index in [0.717, 1.165) is 12.8 Å². The van der Waals surface area contributed by atoms with Gasteiger partial charge < -0.3 is 4.90 Å². The number of carbonyl (C=O) groups excluding carboxylic acids is 2. The van der Waals surface area contributed by atoms with Crippen LogP contribution in [0.5, 0.6) is 0 Å². The van der Waals surface area contributed by atoms with Gasteiger partial charge in [0, 0.05) is 37.7 Å². The molecule has 1 aromatic carbocycles. The first kappa shape index (κ1) is 17.6. The van der Waals surface area contributed by atoms with Gasteiger partial charge in [0.2, 0.25) is 5.91 Å². The molecule has 23 heavy (non-hydrogen) atoms. The largest absolute Gasteiger partial charge is 0.340 e. The lowest BCUT2D eigenvalue weighted by atomic mass is 10.0. The van der Waals surface area contributed by atoms with Crippen LogP contribution in [-0.2, 0) is 4.79 Å². The second-order valence-electron chi connectivity index (χ2n) is 6.04. The molecule has 0 N–H and O–H groups in total. The van der Waals surface area contributed by atoms with E-state index in [1.165, 1.54) is 24.3 Å². The number of benzene rings is 1. The van der Waals surface area contributed by atoms with Crippen molar-refractivity contribution in [3.63, 3.8) is 0 Å². The van der Waals surface area contributed by atoms with Gasteiger partial charge in [-0.15, -0.1) is 0 Å². The molecular weight excluding hydrogens is 295 g/mol. The van der Waals surface area contributed by atoms with Crippen molar-refractivity contribution >= 4 is 11.7 Å². The average molecular weight is 320 g/mol. The smallest absolute Gasteiger partial charge is 0.225 e. The number of carbonyl (C=O) groups is 2. The van der Waals surface area contributed by atoms with Gasteiger partial charge in [-0.05, 0) is 37.1 Å². The highest BCUT2D eigenvalue weighted by molar-refractivity contribution is 5.97. The Morgan fingerprint density at radius 1 is 1.04 bits per heavy atom. The first-order chi connectivity index (χ1) is 11.0. The Balaban J connectivity index is 1.83. The number of amides is 1. The van der Waals surface area contributed by atoms with Crippen LogP contribution >= 0.6 is 0 Å². The van der Waals surface area contributed by atoms with Crippen LogP contribution in [0.15, 0.2) is 24.3 Å². The summed E-state index contributed by atoms with van der Waals surface area (Å²) >= 11 is 0. The Kier molecular flexibility index (Phi) is 6.28. The van der Waals surface area contributed by atoms with Crippen LogP contribution in [0.3, 0.4) is 0 Å². The lowest BCUT2D eigenvalue weighted by molar-refractivity contribution is -0.137. The molecule has 0 radical (unpaired) electrons. The van der Waals surface area contributed by atoms with Crippen molar-refractivity contribution in [1.82, 2.24) is 9.80 Å². The van der Waals surface area contributed by atoms with E-state index in [1.807, 2.05) is 18.7 Å². The maximum atomic E-state index is 12.9. The summed E-state index contributed by atoms with van der Waals surface area (Å²) in [7, 11) is 0. The van der Waals surface area contributed by atoms with E-state index in [0.29, 0.717) is 38.3 Å². The van der Waals surface area contributed by atoms with Gasteiger partial charge in [0.25, 0.3) is 0 Å². The molecule has 0 aliphatic carbocycles. The summed E-state index contributed by atoms with van der Waals surface area (Å²) in [6.45, 7) is 7.17. The lowest BCUT2D eigenvalue weighted by Gasteiger charge is -2.36. The van der Waals surface area contributed by atoms with Crippen LogP contribution in [-0.4, -0.2) is 54.2 Å². The monoisotopic (exact) mass is 320 g/mol. The van der Waals surface area contributed by atoms with E-state index >= 15 is 0 Å². The van der Waals surface area contributed by atoms with Gasteiger partial charge in [-0.2, -0.15) is 0 Å². The number of Topliss-reactive ketones (excluding diaryl/α,β-unsaturated/α-hetero) is 1. The van der Waals surface area contributed by atoms with Crippen LogP contribution in [0.2, 0.25) is 0 Å². The van der Waals surface area contributed by atoms with E-state index in [9.17, 15) is 14.0 Å². The molecule has 2 rings (SSSR count). The minimum absolute atomic E-state index is 0.00947. The Morgan fingerprint density at radius 3 is 2.13 bits per heavy atom.